The van der Waals surface area contributed by atoms with Crippen molar-refractivity contribution in [3.63, 3.8) is 0 Å². The summed E-state index contributed by atoms with van der Waals surface area (Å²) in [6.45, 7) is 4.17. The first kappa shape index (κ1) is 26.9. The maximum Gasteiger partial charge on any atom is 0.408 e. The molecule has 47 heavy (non-hydrogen) atoms. The van der Waals surface area contributed by atoms with Crippen LogP contribution in [0.2, 0.25) is 0 Å². The molecule has 0 unspecified atom stereocenters. The summed E-state index contributed by atoms with van der Waals surface area (Å²) in [4.78, 5) is 39.5. The fourth-order valence-electron chi connectivity index (χ4n) is 5.67. The van der Waals surface area contributed by atoms with Crippen LogP contribution >= 0.6 is 0 Å². The zero-order chi connectivity index (χ0) is 40.8. The van der Waals surface area contributed by atoms with Gasteiger partial charge in [0.2, 0.25) is 10.0 Å². The molecule has 254 valence electrons. The minimum atomic E-state index is -3.73. The molecule has 11 nitrogen and oxygen atoms in total. The number of fused-ring (bicyclic) bond motifs is 2. The van der Waals surface area contributed by atoms with Crippen LogP contribution in [0.4, 0.5) is 14.9 Å². The number of benzene rings is 2. The normalized spacial score (nSPS) is 18.9. The van der Waals surface area contributed by atoms with Crippen LogP contribution in [0.1, 0.15) is 68.2 Å². The largest absolute Gasteiger partial charge is 0.444 e. The van der Waals surface area contributed by atoms with Crippen molar-refractivity contribution in [2.24, 2.45) is 0 Å². The fraction of sp³-hybridized carbons (Fsp3) is 0.500. The first-order valence-corrected chi connectivity index (χ1v) is 16.7. The molecule has 0 aromatic heterocycles. The molecule has 2 N–H and O–H groups in total. The van der Waals surface area contributed by atoms with Crippen molar-refractivity contribution in [1.82, 2.24) is 15.5 Å². The molecule has 0 bridgehead atoms. The highest BCUT2D eigenvalue weighted by Gasteiger charge is 2.48. The van der Waals surface area contributed by atoms with E-state index in [9.17, 15) is 27.2 Å². The Kier molecular flexibility index (Phi) is 7.95. The number of rotatable bonds is 11. The van der Waals surface area contributed by atoms with Crippen LogP contribution in [0.3, 0.4) is 0 Å². The number of halogens is 1. The van der Waals surface area contributed by atoms with Crippen molar-refractivity contribution >= 4 is 33.7 Å². The molecule has 2 heterocycles. The number of alkyl carbamates (subject to hydrolysis) is 1. The third-order valence-electron chi connectivity index (χ3n) is 7.92. The molecular weight excluding hydrogens is 627 g/mol. The van der Waals surface area contributed by atoms with Gasteiger partial charge in [-0.1, -0.05) is 30.2 Å². The second-order valence-electron chi connectivity index (χ2n) is 13.0. The molecule has 4 rings (SSSR count). The molecule has 1 spiro atoms. The number of carbonyl (C=O) groups excluding carboxylic acids is 3. The van der Waals surface area contributed by atoms with Gasteiger partial charge in [0, 0.05) is 25.0 Å². The summed E-state index contributed by atoms with van der Waals surface area (Å²) in [6.07, 6.45) is 0.633. The number of hydrogen-bond acceptors (Lipinski definition) is 9. The summed E-state index contributed by atoms with van der Waals surface area (Å²) in [6, 6.07) is -1.59. The van der Waals surface area contributed by atoms with Crippen molar-refractivity contribution in [3.8, 4) is 0 Å². The summed E-state index contributed by atoms with van der Waals surface area (Å²) in [5.41, 5.74) is -3.71. The Morgan fingerprint density at radius 3 is 2.36 bits per heavy atom. The van der Waals surface area contributed by atoms with Gasteiger partial charge >= 0.3 is 6.09 Å². The maximum absolute atomic E-state index is 14.5. The van der Waals surface area contributed by atoms with Gasteiger partial charge in [-0.15, -0.1) is 0 Å². The lowest BCUT2D eigenvalue weighted by molar-refractivity contribution is 0.0482. The van der Waals surface area contributed by atoms with Crippen molar-refractivity contribution < 1.29 is 46.3 Å². The highest BCUT2D eigenvalue weighted by atomic mass is 32.2. The van der Waals surface area contributed by atoms with Crippen LogP contribution in [0, 0.1) is 5.82 Å². The number of carbonyl (C=O) groups is 1. The fourth-order valence-corrected chi connectivity index (χ4v) is 6.67. The molecule has 13 heteroatoms. The molecule has 1 fully saturated rings. The topological polar surface area (TPSA) is 134 Å². The standard InChI is InChI=1S/C34H43FN4O7S/c1-32(2,3)46-31(42)37-33(4,5)30(20-41)36-27(22-45-21-24-10-8-7-9-11-24)29(19-40)38-16-14-34(15-17-38)23-39(47(6,43)44)28-13-12-25(35)18-26(28)34/h7-13,18,27,36H,14-17,21-23H2,1-6H3,(H,37,42)/t27-/m0/s1/i7D,8D,9D,10D,11D,21D2. The Labute approximate surface area is 285 Å². The number of hydrogen-bond donors (Lipinski definition) is 2. The van der Waals surface area contributed by atoms with Gasteiger partial charge in [-0.2, -0.15) is 0 Å². The molecular formula is C34H43FN4O7S. The number of nitrogens with zero attached hydrogens (tertiary/aromatic N) is 2. The van der Waals surface area contributed by atoms with Gasteiger partial charge in [-0.25, -0.2) is 27.2 Å². The van der Waals surface area contributed by atoms with E-state index in [2.05, 4.69) is 10.6 Å². The lowest BCUT2D eigenvalue weighted by Crippen LogP contribution is -2.54. The van der Waals surface area contributed by atoms with Gasteiger partial charge in [0.15, 0.2) is 0 Å². The van der Waals surface area contributed by atoms with Crippen molar-refractivity contribution in [3.05, 3.63) is 76.7 Å². The van der Waals surface area contributed by atoms with E-state index in [-0.39, 0.29) is 43.9 Å². The van der Waals surface area contributed by atoms with Crippen molar-refractivity contribution in [2.45, 2.75) is 76.6 Å². The third kappa shape index (κ3) is 8.61. The molecule has 1 saturated heterocycles. The van der Waals surface area contributed by atoms with Gasteiger partial charge in [0.05, 0.1) is 40.2 Å². The molecule has 2 aliphatic rings. The highest BCUT2D eigenvalue weighted by molar-refractivity contribution is 7.92. The Morgan fingerprint density at radius 2 is 1.79 bits per heavy atom. The second kappa shape index (κ2) is 13.9. The van der Waals surface area contributed by atoms with Gasteiger partial charge in [-0.3, -0.25) is 4.31 Å². The van der Waals surface area contributed by atoms with Crippen molar-refractivity contribution in [2.75, 3.05) is 36.8 Å². The van der Waals surface area contributed by atoms with Crippen molar-refractivity contribution in [1.29, 1.82) is 0 Å². The number of ether oxygens (including phenoxy) is 2. The number of amides is 1. The van der Waals surface area contributed by atoms with E-state index in [1.807, 2.05) is 5.94 Å². The summed E-state index contributed by atoms with van der Waals surface area (Å²) in [5.74, 6) is 3.00. The van der Waals surface area contributed by atoms with Crippen LogP contribution in [0.15, 0.2) is 59.8 Å². The lowest BCUT2D eigenvalue weighted by atomic mass is 9.74. The van der Waals surface area contributed by atoms with Gasteiger partial charge in [-0.05, 0) is 76.8 Å². The summed E-state index contributed by atoms with van der Waals surface area (Å²) >= 11 is 0. The number of piperidine rings is 1. The van der Waals surface area contributed by atoms with E-state index in [1.165, 1.54) is 36.4 Å². The molecule has 0 saturated carbocycles. The van der Waals surface area contributed by atoms with E-state index in [1.54, 1.807) is 31.6 Å². The number of likely N-dealkylation sites (tertiary alicyclic amines) is 1. The maximum atomic E-state index is 14.5. The quantitative estimate of drug-likeness (QED) is 0.340. The van der Waals surface area contributed by atoms with E-state index in [0.717, 1.165) is 6.26 Å². The van der Waals surface area contributed by atoms with E-state index >= 15 is 0 Å². The van der Waals surface area contributed by atoms with Crippen LogP contribution in [0.5, 0.6) is 0 Å². The molecule has 0 radical (unpaired) electrons. The van der Waals surface area contributed by atoms with Gasteiger partial charge in [0.1, 0.15) is 40.7 Å². The second-order valence-corrected chi connectivity index (χ2v) is 14.9. The van der Waals surface area contributed by atoms with Crippen LogP contribution in [-0.2, 0) is 41.1 Å². The molecule has 2 aliphatic heterocycles. The van der Waals surface area contributed by atoms with Gasteiger partial charge in [0.25, 0.3) is 0 Å². The number of anilines is 1. The summed E-state index contributed by atoms with van der Waals surface area (Å²) in [7, 11) is -3.73. The van der Waals surface area contributed by atoms with E-state index < -0.39 is 93.5 Å². The van der Waals surface area contributed by atoms with Crippen LogP contribution in [0.25, 0.3) is 0 Å². The lowest BCUT2D eigenvalue weighted by Gasteiger charge is -2.42. The monoisotopic (exact) mass is 677 g/mol. The number of nitrogens with one attached hydrogen (secondary N) is 2. The van der Waals surface area contributed by atoms with Crippen LogP contribution in [-0.4, -0.2) is 81.0 Å². The average Bonchev–Trinajstić information content (AvgIpc) is 3.36. The summed E-state index contributed by atoms with van der Waals surface area (Å²) in [5, 5.41) is 5.36. The van der Waals surface area contributed by atoms with Gasteiger partial charge < -0.3 is 25.0 Å². The number of sulfonamides is 1. The van der Waals surface area contributed by atoms with E-state index in [4.69, 9.17) is 19.1 Å². The van der Waals surface area contributed by atoms with E-state index in [0.29, 0.717) is 11.3 Å². The predicted octanol–water partition coefficient (Wildman–Crippen LogP) is 3.85. The SMILES string of the molecule is [2H]c1c([2H])c([2H])c(C([2H])([2H])OC[C@H](NC(=C=O)C(C)(C)NC(=O)OC(C)(C)C)C(=C=O)N2CCC3(CC2)CN(S(C)(=O)=O)c2ccc(F)cc23)c([2H])c1[2H]. The molecule has 2 aromatic rings. The molecule has 1 atom stereocenters. The average molecular weight is 678 g/mol. The zero-order valence-corrected chi connectivity index (χ0v) is 27.9. The molecule has 1 amide bonds. The smallest absolute Gasteiger partial charge is 0.408 e. The minimum absolute atomic E-state index is 0.0319. The summed E-state index contributed by atoms with van der Waals surface area (Å²) < 4.78 is 110. The molecule has 0 aliphatic carbocycles. The Morgan fingerprint density at radius 1 is 1.13 bits per heavy atom. The van der Waals surface area contributed by atoms with Crippen LogP contribution < -0.4 is 14.9 Å². The Balaban J connectivity index is 1.69. The Hall–Kier alpha value is -4.15. The predicted molar refractivity (Wildman–Crippen MR) is 176 cm³/mol. The zero-order valence-electron chi connectivity index (χ0n) is 34.1. The Bertz CT molecular complexity index is 2010. The third-order valence-corrected chi connectivity index (χ3v) is 9.05. The first-order valence-electron chi connectivity index (χ1n) is 18.3. The highest BCUT2D eigenvalue weighted by Crippen LogP contribution is 2.48. The molecule has 2 aromatic carbocycles. The first-order chi connectivity index (χ1) is 24.8. The minimum Gasteiger partial charge on any atom is -0.444 e.